The second-order valence-corrected chi connectivity index (χ2v) is 4.39. The first kappa shape index (κ1) is 17.1. The first-order valence-electron chi connectivity index (χ1n) is 6.66. The molecule has 0 saturated heterocycles. The lowest BCUT2D eigenvalue weighted by Crippen LogP contribution is -2.21. The van der Waals surface area contributed by atoms with Gasteiger partial charge in [-0.2, -0.15) is 0 Å². The molecule has 0 aromatic carbocycles. The Labute approximate surface area is 111 Å². The van der Waals surface area contributed by atoms with Gasteiger partial charge in [-0.25, -0.2) is 0 Å². The molecule has 4 heteroatoms. The van der Waals surface area contributed by atoms with E-state index >= 15 is 0 Å². The van der Waals surface area contributed by atoms with Gasteiger partial charge in [0, 0.05) is 32.4 Å². The van der Waals surface area contributed by atoms with E-state index in [1.807, 2.05) is 0 Å². The molecule has 18 heavy (non-hydrogen) atoms. The van der Waals surface area contributed by atoms with E-state index in [1.165, 1.54) is 0 Å². The molecule has 0 heterocycles. The van der Waals surface area contributed by atoms with E-state index in [0.717, 1.165) is 44.4 Å². The lowest BCUT2D eigenvalue weighted by Gasteiger charge is -2.12. The Morgan fingerprint density at radius 1 is 1.44 bits per heavy atom. The van der Waals surface area contributed by atoms with E-state index in [9.17, 15) is 4.79 Å². The van der Waals surface area contributed by atoms with Crippen LogP contribution in [0.2, 0.25) is 0 Å². The lowest BCUT2D eigenvalue weighted by molar-refractivity contribution is -0.108. The minimum atomic E-state index is 0.519. The van der Waals surface area contributed by atoms with Gasteiger partial charge in [-0.3, -0.25) is 0 Å². The standard InChI is InChI=1S/C14H27NO3/c1-4-14(7-9-16)6-5-10-18-11-8-15-13(2)12-17-3/h9,14-15H,2,4-8,10-12H2,1,3H3. The maximum absolute atomic E-state index is 10.4. The molecule has 106 valence electrons. The molecule has 0 bridgehead atoms. The monoisotopic (exact) mass is 257 g/mol. The fourth-order valence-electron chi connectivity index (χ4n) is 1.73. The van der Waals surface area contributed by atoms with Crippen LogP contribution in [0.5, 0.6) is 0 Å². The van der Waals surface area contributed by atoms with Gasteiger partial charge in [-0.1, -0.05) is 19.9 Å². The highest BCUT2D eigenvalue weighted by Gasteiger charge is 2.04. The van der Waals surface area contributed by atoms with Crippen LogP contribution in [0.15, 0.2) is 12.3 Å². The van der Waals surface area contributed by atoms with Gasteiger partial charge in [0.25, 0.3) is 0 Å². The molecule has 0 aliphatic heterocycles. The van der Waals surface area contributed by atoms with Gasteiger partial charge in [0.15, 0.2) is 0 Å². The average Bonchev–Trinajstić information content (AvgIpc) is 2.36. The number of carbonyl (C=O) groups is 1. The predicted octanol–water partition coefficient (Wildman–Crippen LogP) is 2.15. The van der Waals surface area contributed by atoms with Crippen molar-refractivity contribution in [2.24, 2.45) is 5.92 Å². The highest BCUT2D eigenvalue weighted by atomic mass is 16.5. The minimum absolute atomic E-state index is 0.519. The smallest absolute Gasteiger partial charge is 0.120 e. The Balaban J connectivity index is 3.29. The van der Waals surface area contributed by atoms with Gasteiger partial charge < -0.3 is 19.6 Å². The van der Waals surface area contributed by atoms with Crippen LogP contribution in [0.3, 0.4) is 0 Å². The summed E-state index contributed by atoms with van der Waals surface area (Å²) in [5.74, 6) is 0.519. The Bertz CT molecular complexity index is 219. The largest absolute Gasteiger partial charge is 0.385 e. The summed E-state index contributed by atoms with van der Waals surface area (Å²) in [6, 6.07) is 0. The molecule has 0 spiro atoms. The SMILES string of the molecule is C=C(COC)NCCOCCCC(CC)CC=O. The maximum atomic E-state index is 10.4. The van der Waals surface area contributed by atoms with Crippen molar-refractivity contribution in [3.8, 4) is 0 Å². The molecular weight excluding hydrogens is 230 g/mol. The van der Waals surface area contributed by atoms with Crippen LogP contribution >= 0.6 is 0 Å². The third-order valence-electron chi connectivity index (χ3n) is 2.85. The van der Waals surface area contributed by atoms with Crippen molar-refractivity contribution in [2.75, 3.05) is 33.5 Å². The van der Waals surface area contributed by atoms with Gasteiger partial charge in [0.1, 0.15) is 6.29 Å². The third kappa shape index (κ3) is 10.3. The number of aldehydes is 1. The summed E-state index contributed by atoms with van der Waals surface area (Å²) < 4.78 is 10.4. The van der Waals surface area contributed by atoms with Crippen LogP contribution < -0.4 is 5.32 Å². The Morgan fingerprint density at radius 2 is 2.22 bits per heavy atom. The van der Waals surface area contributed by atoms with E-state index in [1.54, 1.807) is 7.11 Å². The molecule has 0 rings (SSSR count). The van der Waals surface area contributed by atoms with Crippen molar-refractivity contribution in [3.63, 3.8) is 0 Å². The summed E-state index contributed by atoms with van der Waals surface area (Å²) in [4.78, 5) is 10.4. The molecule has 0 aromatic rings. The maximum Gasteiger partial charge on any atom is 0.120 e. The lowest BCUT2D eigenvalue weighted by atomic mass is 9.98. The fraction of sp³-hybridized carbons (Fsp3) is 0.786. The minimum Gasteiger partial charge on any atom is -0.385 e. The summed E-state index contributed by atoms with van der Waals surface area (Å²) in [6.07, 6.45) is 4.84. The first-order valence-corrected chi connectivity index (χ1v) is 6.66. The van der Waals surface area contributed by atoms with Gasteiger partial charge in [0.05, 0.1) is 13.2 Å². The summed E-state index contributed by atoms with van der Waals surface area (Å²) in [5.41, 5.74) is 0.873. The van der Waals surface area contributed by atoms with Gasteiger partial charge in [-0.05, 0) is 18.8 Å². The topological polar surface area (TPSA) is 47.6 Å². The Kier molecular flexibility index (Phi) is 12.0. The number of nitrogens with one attached hydrogen (secondary N) is 1. The average molecular weight is 257 g/mol. The summed E-state index contributed by atoms with van der Waals surface area (Å²) >= 11 is 0. The zero-order chi connectivity index (χ0) is 13.6. The molecular formula is C14H27NO3. The fourth-order valence-corrected chi connectivity index (χ4v) is 1.73. The van der Waals surface area contributed by atoms with E-state index in [0.29, 0.717) is 25.6 Å². The second-order valence-electron chi connectivity index (χ2n) is 4.39. The van der Waals surface area contributed by atoms with E-state index < -0.39 is 0 Å². The number of methoxy groups -OCH3 is 1. The first-order chi connectivity index (χ1) is 8.74. The van der Waals surface area contributed by atoms with Gasteiger partial charge >= 0.3 is 0 Å². The molecule has 1 unspecified atom stereocenters. The van der Waals surface area contributed by atoms with Crippen LogP contribution in [0.1, 0.15) is 32.6 Å². The van der Waals surface area contributed by atoms with E-state index in [2.05, 4.69) is 18.8 Å². The molecule has 4 nitrogen and oxygen atoms in total. The molecule has 0 radical (unpaired) electrons. The number of hydrogen-bond acceptors (Lipinski definition) is 4. The van der Waals surface area contributed by atoms with Crippen LogP contribution in [-0.2, 0) is 14.3 Å². The zero-order valence-electron chi connectivity index (χ0n) is 11.7. The van der Waals surface area contributed by atoms with Crippen molar-refractivity contribution in [1.29, 1.82) is 0 Å². The van der Waals surface area contributed by atoms with Gasteiger partial charge in [0.2, 0.25) is 0 Å². The Hall–Kier alpha value is -0.870. The van der Waals surface area contributed by atoms with Crippen LogP contribution in [0.25, 0.3) is 0 Å². The van der Waals surface area contributed by atoms with Crippen molar-refractivity contribution in [2.45, 2.75) is 32.6 Å². The molecule has 0 amide bonds. The highest BCUT2D eigenvalue weighted by Crippen LogP contribution is 2.13. The number of hydrogen-bond donors (Lipinski definition) is 1. The Morgan fingerprint density at radius 3 is 2.83 bits per heavy atom. The van der Waals surface area contributed by atoms with Crippen molar-refractivity contribution >= 4 is 6.29 Å². The predicted molar refractivity (Wildman–Crippen MR) is 73.5 cm³/mol. The summed E-state index contributed by atoms with van der Waals surface area (Å²) in [7, 11) is 1.65. The molecule has 0 aliphatic carbocycles. The summed E-state index contributed by atoms with van der Waals surface area (Å²) in [5, 5.41) is 3.12. The highest BCUT2D eigenvalue weighted by molar-refractivity contribution is 5.49. The van der Waals surface area contributed by atoms with Crippen LogP contribution in [0.4, 0.5) is 0 Å². The quantitative estimate of drug-likeness (QED) is 0.406. The van der Waals surface area contributed by atoms with Crippen molar-refractivity contribution in [1.82, 2.24) is 5.32 Å². The van der Waals surface area contributed by atoms with Crippen LogP contribution in [0, 0.1) is 5.92 Å². The molecule has 1 atom stereocenters. The molecule has 0 aromatic heterocycles. The van der Waals surface area contributed by atoms with Crippen LogP contribution in [-0.4, -0.2) is 39.8 Å². The van der Waals surface area contributed by atoms with Gasteiger partial charge in [-0.15, -0.1) is 0 Å². The molecule has 1 N–H and O–H groups in total. The number of rotatable bonds is 13. The number of carbonyl (C=O) groups excluding carboxylic acids is 1. The van der Waals surface area contributed by atoms with Crippen molar-refractivity contribution in [3.05, 3.63) is 12.3 Å². The van der Waals surface area contributed by atoms with E-state index in [4.69, 9.17) is 9.47 Å². The third-order valence-corrected chi connectivity index (χ3v) is 2.85. The molecule has 0 fully saturated rings. The normalized spacial score (nSPS) is 12.1. The van der Waals surface area contributed by atoms with Crippen molar-refractivity contribution < 1.29 is 14.3 Å². The molecule has 0 aliphatic rings. The second kappa shape index (κ2) is 12.6. The van der Waals surface area contributed by atoms with E-state index in [-0.39, 0.29) is 0 Å². The summed E-state index contributed by atoms with van der Waals surface area (Å²) in [6.45, 7) is 8.65. The zero-order valence-corrected chi connectivity index (χ0v) is 11.7. The molecule has 0 saturated carbocycles. The number of ether oxygens (including phenoxy) is 2.